The van der Waals surface area contributed by atoms with Crippen LogP contribution in [-0.2, 0) is 11.9 Å². The van der Waals surface area contributed by atoms with Crippen molar-refractivity contribution in [2.24, 2.45) is 0 Å². The smallest absolute Gasteiger partial charge is 0.353 e. The van der Waals surface area contributed by atoms with Crippen LogP contribution in [0.2, 0.25) is 0 Å². The van der Waals surface area contributed by atoms with Crippen LogP contribution in [0.1, 0.15) is 17.1 Å². The van der Waals surface area contributed by atoms with Gasteiger partial charge in [0.05, 0.1) is 22.5 Å². The van der Waals surface area contributed by atoms with E-state index in [4.69, 9.17) is 4.52 Å². The van der Waals surface area contributed by atoms with Crippen LogP contribution in [0, 0.1) is 12.7 Å². The van der Waals surface area contributed by atoms with E-state index < -0.39 is 17.6 Å². The van der Waals surface area contributed by atoms with Gasteiger partial charge in [-0.05, 0) is 49.4 Å². The Hall–Kier alpha value is -3.93. The Labute approximate surface area is 198 Å². The summed E-state index contributed by atoms with van der Waals surface area (Å²) in [6.45, 7) is 1.80. The van der Waals surface area contributed by atoms with Gasteiger partial charge >= 0.3 is 6.18 Å². The minimum absolute atomic E-state index is 0.00676. The molecule has 35 heavy (non-hydrogen) atoms. The molecule has 0 fully saturated rings. The van der Waals surface area contributed by atoms with Gasteiger partial charge in [-0.15, -0.1) is 0 Å². The van der Waals surface area contributed by atoms with Crippen LogP contribution < -0.4 is 5.56 Å². The summed E-state index contributed by atoms with van der Waals surface area (Å²) in [4.78, 5) is 24.9. The summed E-state index contributed by atoms with van der Waals surface area (Å²) in [5.74, 6) is -0.220. The van der Waals surface area contributed by atoms with Gasteiger partial charge in [0.15, 0.2) is 5.16 Å². The molecule has 2 aromatic carbocycles. The van der Waals surface area contributed by atoms with Crippen molar-refractivity contribution in [1.29, 1.82) is 0 Å². The first-order chi connectivity index (χ1) is 16.7. The SMILES string of the molecule is Cc1cc2nc(SCc3nc(-c4cccc(C(F)(F)F)c4)no3)n(-c3ccc(F)cc3)c(=O)c2[nH]1. The van der Waals surface area contributed by atoms with Crippen molar-refractivity contribution in [2.75, 3.05) is 0 Å². The molecule has 1 N–H and O–H groups in total. The third kappa shape index (κ3) is 4.56. The highest BCUT2D eigenvalue weighted by molar-refractivity contribution is 7.98. The van der Waals surface area contributed by atoms with Crippen molar-refractivity contribution in [3.05, 3.63) is 87.9 Å². The van der Waals surface area contributed by atoms with Crippen LogP contribution in [0.25, 0.3) is 28.1 Å². The summed E-state index contributed by atoms with van der Waals surface area (Å²) in [5, 5.41) is 4.08. The summed E-state index contributed by atoms with van der Waals surface area (Å²) in [7, 11) is 0. The molecule has 0 spiro atoms. The van der Waals surface area contributed by atoms with Crippen LogP contribution in [0.5, 0.6) is 0 Å². The molecule has 0 bridgehead atoms. The number of halogens is 4. The van der Waals surface area contributed by atoms with E-state index >= 15 is 0 Å². The number of aromatic amines is 1. The van der Waals surface area contributed by atoms with Crippen molar-refractivity contribution >= 4 is 22.8 Å². The molecule has 5 rings (SSSR count). The Morgan fingerprint density at radius 3 is 2.60 bits per heavy atom. The summed E-state index contributed by atoms with van der Waals surface area (Å²) >= 11 is 1.12. The fourth-order valence-electron chi connectivity index (χ4n) is 3.48. The lowest BCUT2D eigenvalue weighted by atomic mass is 10.1. The molecule has 0 unspecified atom stereocenters. The van der Waals surface area contributed by atoms with Gasteiger partial charge < -0.3 is 9.51 Å². The van der Waals surface area contributed by atoms with Crippen molar-refractivity contribution in [3.8, 4) is 17.1 Å². The van der Waals surface area contributed by atoms with E-state index in [2.05, 4.69) is 20.1 Å². The fraction of sp³-hybridized carbons (Fsp3) is 0.130. The maximum Gasteiger partial charge on any atom is 0.416 e. The molecule has 12 heteroatoms. The molecule has 0 radical (unpaired) electrons. The average molecular weight is 501 g/mol. The summed E-state index contributed by atoms with van der Waals surface area (Å²) < 4.78 is 59.1. The standard InChI is InChI=1S/C23H15F4N5O2S/c1-12-9-17-19(28-12)21(33)32(16-7-5-15(24)6-8-16)22(29-17)35-11-18-30-20(31-34-18)13-3-2-4-14(10-13)23(25,26)27/h2-10,28H,11H2,1H3. The molecule has 7 nitrogen and oxygen atoms in total. The number of fused-ring (bicyclic) bond motifs is 1. The number of nitrogens with one attached hydrogen (secondary N) is 1. The van der Waals surface area contributed by atoms with Crippen LogP contribution in [0.3, 0.4) is 0 Å². The molecule has 0 amide bonds. The third-order valence-corrected chi connectivity index (χ3v) is 6.00. The highest BCUT2D eigenvalue weighted by Crippen LogP contribution is 2.32. The summed E-state index contributed by atoms with van der Waals surface area (Å²) in [6, 6.07) is 11.7. The molecule has 0 atom stereocenters. The summed E-state index contributed by atoms with van der Waals surface area (Å²) in [5.41, 5.74) is 0.899. The number of nitrogens with zero attached hydrogens (tertiary/aromatic N) is 4. The molecular formula is C23H15F4N5O2S. The highest BCUT2D eigenvalue weighted by Gasteiger charge is 2.30. The Morgan fingerprint density at radius 2 is 1.86 bits per heavy atom. The van der Waals surface area contributed by atoms with E-state index in [9.17, 15) is 22.4 Å². The van der Waals surface area contributed by atoms with Crippen LogP contribution in [0.15, 0.2) is 69.1 Å². The second-order valence-corrected chi connectivity index (χ2v) is 8.55. The number of benzene rings is 2. The van der Waals surface area contributed by atoms with Crippen molar-refractivity contribution in [2.45, 2.75) is 24.0 Å². The second kappa shape index (κ2) is 8.69. The molecule has 0 aliphatic rings. The quantitative estimate of drug-likeness (QED) is 0.194. The first kappa shape index (κ1) is 22.8. The first-order valence-corrected chi connectivity index (χ1v) is 11.2. The molecule has 0 aliphatic carbocycles. The van der Waals surface area contributed by atoms with Crippen molar-refractivity contribution in [1.82, 2.24) is 24.7 Å². The number of alkyl halides is 3. The Balaban J connectivity index is 1.47. The van der Waals surface area contributed by atoms with E-state index in [0.29, 0.717) is 21.9 Å². The number of rotatable bonds is 5. The lowest BCUT2D eigenvalue weighted by Gasteiger charge is -2.11. The number of H-pyrrole nitrogens is 1. The maximum atomic E-state index is 13.5. The number of thioether (sulfide) groups is 1. The van der Waals surface area contributed by atoms with Crippen LogP contribution >= 0.6 is 11.8 Å². The normalized spacial score (nSPS) is 11.9. The van der Waals surface area contributed by atoms with Gasteiger partial charge in [0.1, 0.15) is 11.3 Å². The third-order valence-electron chi connectivity index (χ3n) is 5.08. The minimum Gasteiger partial charge on any atom is -0.353 e. The molecule has 178 valence electrons. The zero-order valence-corrected chi connectivity index (χ0v) is 18.7. The van der Waals surface area contributed by atoms with E-state index in [-0.39, 0.29) is 28.6 Å². The fourth-order valence-corrected chi connectivity index (χ4v) is 4.33. The van der Waals surface area contributed by atoms with Crippen LogP contribution in [0.4, 0.5) is 17.6 Å². The number of aromatic nitrogens is 5. The van der Waals surface area contributed by atoms with E-state index in [0.717, 1.165) is 29.6 Å². The minimum atomic E-state index is -4.50. The Morgan fingerprint density at radius 1 is 1.09 bits per heavy atom. The predicted molar refractivity (Wildman–Crippen MR) is 121 cm³/mol. The van der Waals surface area contributed by atoms with Crippen molar-refractivity contribution < 1.29 is 22.1 Å². The molecule has 5 aromatic rings. The monoisotopic (exact) mass is 501 g/mol. The highest BCUT2D eigenvalue weighted by atomic mass is 32.2. The molecule has 3 aromatic heterocycles. The van der Waals surface area contributed by atoms with Gasteiger partial charge in [-0.1, -0.05) is 29.1 Å². The molecule has 0 aliphatic heterocycles. The van der Waals surface area contributed by atoms with Crippen molar-refractivity contribution in [3.63, 3.8) is 0 Å². The van der Waals surface area contributed by atoms with Gasteiger partial charge in [0.2, 0.25) is 11.7 Å². The van der Waals surface area contributed by atoms with E-state index in [1.807, 2.05) is 0 Å². The van der Waals surface area contributed by atoms with Crippen LogP contribution in [-0.4, -0.2) is 24.7 Å². The molecule has 0 saturated heterocycles. The molecule has 0 saturated carbocycles. The lowest BCUT2D eigenvalue weighted by Crippen LogP contribution is -2.21. The van der Waals surface area contributed by atoms with Gasteiger partial charge in [-0.2, -0.15) is 18.2 Å². The largest absolute Gasteiger partial charge is 0.416 e. The lowest BCUT2D eigenvalue weighted by molar-refractivity contribution is -0.137. The number of hydrogen-bond donors (Lipinski definition) is 1. The zero-order valence-electron chi connectivity index (χ0n) is 17.9. The first-order valence-electron chi connectivity index (χ1n) is 10.2. The van der Waals surface area contributed by atoms with Gasteiger partial charge in [0.25, 0.3) is 5.56 Å². The zero-order chi connectivity index (χ0) is 24.7. The molecule has 3 heterocycles. The number of aryl methyl sites for hydroxylation is 1. The van der Waals surface area contributed by atoms with E-state index in [1.54, 1.807) is 13.0 Å². The Bertz CT molecular complexity index is 1590. The Kier molecular flexibility index (Phi) is 5.67. The van der Waals surface area contributed by atoms with Gasteiger partial charge in [-0.3, -0.25) is 9.36 Å². The number of hydrogen-bond acceptors (Lipinski definition) is 6. The topological polar surface area (TPSA) is 89.6 Å². The van der Waals surface area contributed by atoms with E-state index in [1.165, 1.54) is 41.0 Å². The van der Waals surface area contributed by atoms with Gasteiger partial charge in [0, 0.05) is 11.3 Å². The molecular weight excluding hydrogens is 486 g/mol. The maximum absolute atomic E-state index is 13.5. The predicted octanol–water partition coefficient (Wildman–Crippen LogP) is 5.52. The van der Waals surface area contributed by atoms with Gasteiger partial charge in [-0.25, -0.2) is 9.37 Å². The average Bonchev–Trinajstić information content (AvgIpc) is 3.44. The summed E-state index contributed by atoms with van der Waals surface area (Å²) in [6.07, 6.45) is -4.50. The second-order valence-electron chi connectivity index (χ2n) is 7.60.